The molecule has 2 amide bonds. The molecule has 2 aliphatic rings. The lowest BCUT2D eigenvalue weighted by Gasteiger charge is -2.19. The molecule has 0 spiro atoms. The van der Waals surface area contributed by atoms with Gasteiger partial charge in [-0.25, -0.2) is 4.98 Å². The Hall–Kier alpha value is -2.89. The van der Waals surface area contributed by atoms with Crippen molar-refractivity contribution in [1.82, 2.24) is 10.3 Å². The third kappa shape index (κ3) is 3.27. The van der Waals surface area contributed by atoms with Gasteiger partial charge in [-0.1, -0.05) is 18.2 Å². The molecule has 0 atom stereocenters. The van der Waals surface area contributed by atoms with Crippen LogP contribution in [0.15, 0.2) is 42.6 Å². The molecule has 1 aromatic carbocycles. The van der Waals surface area contributed by atoms with E-state index in [1.807, 2.05) is 36.4 Å². The van der Waals surface area contributed by atoms with Crippen molar-refractivity contribution in [3.8, 4) is 5.75 Å². The maximum absolute atomic E-state index is 12.9. The molecule has 27 heavy (non-hydrogen) atoms. The maximum atomic E-state index is 12.9. The highest BCUT2D eigenvalue weighted by Gasteiger charge is 2.52. The van der Waals surface area contributed by atoms with Crippen molar-refractivity contribution in [3.63, 3.8) is 0 Å². The number of nitrogens with zero attached hydrogens (tertiary/aromatic N) is 2. The fourth-order valence-corrected chi connectivity index (χ4v) is 3.74. The van der Waals surface area contributed by atoms with E-state index >= 15 is 0 Å². The van der Waals surface area contributed by atoms with Gasteiger partial charge in [0, 0.05) is 31.3 Å². The van der Waals surface area contributed by atoms with Crippen molar-refractivity contribution >= 4 is 17.6 Å². The van der Waals surface area contributed by atoms with Crippen LogP contribution in [0.5, 0.6) is 5.75 Å². The van der Waals surface area contributed by atoms with Gasteiger partial charge in [0.15, 0.2) is 0 Å². The van der Waals surface area contributed by atoms with Crippen molar-refractivity contribution < 1.29 is 14.3 Å². The molecule has 1 saturated heterocycles. The summed E-state index contributed by atoms with van der Waals surface area (Å²) in [7, 11) is 1.63. The second-order valence-corrected chi connectivity index (χ2v) is 7.14. The third-order valence-electron chi connectivity index (χ3n) is 5.42. The summed E-state index contributed by atoms with van der Waals surface area (Å²) in [4.78, 5) is 30.8. The molecular weight excluding hydrogens is 342 g/mol. The largest absolute Gasteiger partial charge is 0.496 e. The van der Waals surface area contributed by atoms with E-state index in [1.54, 1.807) is 18.2 Å². The minimum atomic E-state index is -0.493. The summed E-state index contributed by atoms with van der Waals surface area (Å²) in [5, 5.41) is 3.05. The molecule has 0 bridgehead atoms. The number of carbonyl (C=O) groups excluding carboxylic acids is 2. The van der Waals surface area contributed by atoms with E-state index in [0.717, 1.165) is 36.1 Å². The highest BCUT2D eigenvalue weighted by atomic mass is 16.5. The number of pyridine rings is 1. The zero-order valence-electron chi connectivity index (χ0n) is 15.4. The van der Waals surface area contributed by atoms with E-state index in [1.165, 1.54) is 0 Å². The Bertz CT molecular complexity index is 876. The molecule has 2 aromatic rings. The minimum absolute atomic E-state index is 0.0163. The first-order valence-corrected chi connectivity index (χ1v) is 9.31. The summed E-state index contributed by atoms with van der Waals surface area (Å²) in [6, 6.07) is 11.5. The number of aromatic nitrogens is 1. The van der Waals surface area contributed by atoms with Gasteiger partial charge in [-0.05, 0) is 43.0 Å². The van der Waals surface area contributed by atoms with Gasteiger partial charge >= 0.3 is 0 Å². The van der Waals surface area contributed by atoms with E-state index in [9.17, 15) is 9.59 Å². The van der Waals surface area contributed by atoms with Crippen LogP contribution >= 0.6 is 0 Å². The number of hydrogen-bond donors (Lipinski definition) is 1. The highest BCUT2D eigenvalue weighted by molar-refractivity contribution is 5.94. The summed E-state index contributed by atoms with van der Waals surface area (Å²) >= 11 is 0. The summed E-state index contributed by atoms with van der Waals surface area (Å²) in [5.74, 6) is 1.54. The van der Waals surface area contributed by atoms with Gasteiger partial charge in [0.25, 0.3) is 0 Å². The topological polar surface area (TPSA) is 71.5 Å². The van der Waals surface area contributed by atoms with Crippen LogP contribution in [0.4, 0.5) is 5.82 Å². The van der Waals surface area contributed by atoms with E-state index in [2.05, 4.69) is 10.3 Å². The van der Waals surface area contributed by atoms with Crippen LogP contribution in [0.2, 0.25) is 0 Å². The fraction of sp³-hybridized carbons (Fsp3) is 0.381. The normalized spacial score (nSPS) is 17.7. The first-order chi connectivity index (χ1) is 13.1. The molecule has 2 fully saturated rings. The molecule has 0 radical (unpaired) electrons. The Morgan fingerprint density at radius 3 is 2.81 bits per heavy atom. The second-order valence-electron chi connectivity index (χ2n) is 7.14. The molecular formula is C21H23N3O3. The van der Waals surface area contributed by atoms with Crippen molar-refractivity contribution in [2.24, 2.45) is 0 Å². The predicted molar refractivity (Wildman–Crippen MR) is 102 cm³/mol. The van der Waals surface area contributed by atoms with Gasteiger partial charge in [0.1, 0.15) is 11.6 Å². The number of ether oxygens (including phenoxy) is 1. The third-order valence-corrected chi connectivity index (χ3v) is 5.42. The average molecular weight is 365 g/mol. The number of anilines is 1. The monoisotopic (exact) mass is 365 g/mol. The van der Waals surface area contributed by atoms with Crippen LogP contribution in [-0.4, -0.2) is 30.5 Å². The Kier molecular flexibility index (Phi) is 4.56. The molecule has 140 valence electrons. The van der Waals surface area contributed by atoms with Crippen molar-refractivity contribution in [2.75, 3.05) is 18.6 Å². The highest BCUT2D eigenvalue weighted by Crippen LogP contribution is 2.51. The van der Waals surface area contributed by atoms with E-state index < -0.39 is 5.41 Å². The average Bonchev–Trinajstić information content (AvgIpc) is 3.41. The minimum Gasteiger partial charge on any atom is -0.496 e. The molecule has 1 aromatic heterocycles. The maximum Gasteiger partial charge on any atom is 0.231 e. The van der Waals surface area contributed by atoms with Crippen LogP contribution in [0.1, 0.15) is 36.8 Å². The molecule has 1 saturated carbocycles. The SMILES string of the molecule is COc1ccccc1C1(C(=O)NCc2ccnc(N3CCCC3=O)c2)CC1. The van der Waals surface area contributed by atoms with Gasteiger partial charge in [-0.3, -0.25) is 14.5 Å². The summed E-state index contributed by atoms with van der Waals surface area (Å²) < 4.78 is 5.44. The van der Waals surface area contributed by atoms with Crippen molar-refractivity contribution in [3.05, 3.63) is 53.7 Å². The molecule has 1 aliphatic carbocycles. The lowest BCUT2D eigenvalue weighted by molar-refractivity contribution is -0.123. The van der Waals surface area contributed by atoms with E-state index in [0.29, 0.717) is 25.3 Å². The predicted octanol–water partition coefficient (Wildman–Crippen LogP) is 2.57. The number of amides is 2. The number of hydrogen-bond acceptors (Lipinski definition) is 4. The van der Waals surface area contributed by atoms with Crippen molar-refractivity contribution in [1.29, 1.82) is 0 Å². The zero-order chi connectivity index (χ0) is 18.9. The van der Waals surface area contributed by atoms with Crippen LogP contribution in [0, 0.1) is 0 Å². The number of nitrogens with one attached hydrogen (secondary N) is 1. The van der Waals surface area contributed by atoms with Crippen LogP contribution in [0.3, 0.4) is 0 Å². The zero-order valence-corrected chi connectivity index (χ0v) is 15.4. The molecule has 1 aliphatic heterocycles. The summed E-state index contributed by atoms with van der Waals surface area (Å²) in [6.45, 7) is 1.12. The summed E-state index contributed by atoms with van der Waals surface area (Å²) in [6.07, 6.45) is 4.77. The van der Waals surface area contributed by atoms with Crippen molar-refractivity contribution in [2.45, 2.75) is 37.6 Å². The Labute approximate surface area is 158 Å². The molecule has 1 N–H and O–H groups in total. The van der Waals surface area contributed by atoms with E-state index in [4.69, 9.17) is 4.74 Å². The second kappa shape index (κ2) is 7.02. The number of rotatable bonds is 6. The van der Waals surface area contributed by atoms with Crippen LogP contribution < -0.4 is 15.0 Å². The molecule has 6 heteroatoms. The number of para-hydroxylation sites is 1. The molecule has 4 rings (SSSR count). The Morgan fingerprint density at radius 1 is 1.30 bits per heavy atom. The molecule has 2 heterocycles. The van der Waals surface area contributed by atoms with Gasteiger partial charge in [0.05, 0.1) is 12.5 Å². The number of benzene rings is 1. The lowest BCUT2D eigenvalue weighted by Crippen LogP contribution is -2.34. The van der Waals surface area contributed by atoms with Crippen LogP contribution in [-0.2, 0) is 21.5 Å². The van der Waals surface area contributed by atoms with Gasteiger partial charge in [-0.2, -0.15) is 0 Å². The Balaban J connectivity index is 1.46. The van der Waals surface area contributed by atoms with Gasteiger partial charge < -0.3 is 10.1 Å². The van der Waals surface area contributed by atoms with E-state index in [-0.39, 0.29) is 11.8 Å². The number of methoxy groups -OCH3 is 1. The first-order valence-electron chi connectivity index (χ1n) is 9.31. The first kappa shape index (κ1) is 17.5. The fourth-order valence-electron chi connectivity index (χ4n) is 3.74. The molecule has 6 nitrogen and oxygen atoms in total. The Morgan fingerprint density at radius 2 is 2.11 bits per heavy atom. The smallest absolute Gasteiger partial charge is 0.231 e. The molecule has 0 unspecified atom stereocenters. The quantitative estimate of drug-likeness (QED) is 0.854. The van der Waals surface area contributed by atoms with Gasteiger partial charge in [0.2, 0.25) is 11.8 Å². The van der Waals surface area contributed by atoms with Gasteiger partial charge in [-0.15, -0.1) is 0 Å². The number of carbonyl (C=O) groups is 2. The standard InChI is InChI=1S/C21H23N3O3/c1-27-17-6-3-2-5-16(17)21(9-10-21)20(26)23-14-15-8-11-22-18(13-15)24-12-4-7-19(24)25/h2-3,5-6,8,11,13H,4,7,9-10,12,14H2,1H3,(H,23,26). The summed E-state index contributed by atoms with van der Waals surface area (Å²) in [5.41, 5.74) is 1.39. The van der Waals surface area contributed by atoms with Crippen LogP contribution in [0.25, 0.3) is 0 Å². The lowest BCUT2D eigenvalue weighted by atomic mass is 9.94.